The van der Waals surface area contributed by atoms with Crippen molar-refractivity contribution in [3.63, 3.8) is 0 Å². The number of nitrogens with zero attached hydrogens (tertiary/aromatic N) is 2. The molecule has 128 valence electrons. The van der Waals surface area contributed by atoms with E-state index in [4.69, 9.17) is 0 Å². The zero-order chi connectivity index (χ0) is 17.9. The Labute approximate surface area is 133 Å². The van der Waals surface area contributed by atoms with E-state index in [9.17, 15) is 28.6 Å². The number of benzene rings is 1. The summed E-state index contributed by atoms with van der Waals surface area (Å²) in [5.74, 6) is 0. The van der Waals surface area contributed by atoms with Crippen LogP contribution in [0.4, 0.5) is 17.1 Å². The second-order valence-electron chi connectivity index (χ2n) is 5.19. The number of rotatable bonds is 7. The molecule has 1 aromatic rings. The second-order valence-corrected chi connectivity index (χ2v) is 7.17. The first-order valence-electron chi connectivity index (χ1n) is 6.97. The zero-order valence-corrected chi connectivity index (χ0v) is 14.1. The molecule has 0 saturated carbocycles. The van der Waals surface area contributed by atoms with Crippen molar-refractivity contribution in [3.8, 4) is 0 Å². The van der Waals surface area contributed by atoms with E-state index < -0.39 is 36.0 Å². The highest BCUT2D eigenvalue weighted by molar-refractivity contribution is 7.90. The van der Waals surface area contributed by atoms with Gasteiger partial charge >= 0.3 is 11.4 Å². The number of anilines is 1. The van der Waals surface area contributed by atoms with E-state index in [-0.39, 0.29) is 17.3 Å². The van der Waals surface area contributed by atoms with Gasteiger partial charge in [-0.2, -0.15) is 0 Å². The fourth-order valence-electron chi connectivity index (χ4n) is 2.33. The molecule has 0 atom stereocenters. The minimum atomic E-state index is -3.84. The molecule has 0 aliphatic rings. The van der Waals surface area contributed by atoms with Gasteiger partial charge in [0.15, 0.2) is 15.5 Å². The molecule has 0 heterocycles. The maximum atomic E-state index is 11.8. The number of nitro groups is 2. The summed E-state index contributed by atoms with van der Waals surface area (Å²) in [6, 6.07) is 0.679. The lowest BCUT2D eigenvalue weighted by Gasteiger charge is -2.17. The lowest BCUT2D eigenvalue weighted by atomic mass is 10.1. The molecule has 0 bridgehead atoms. The van der Waals surface area contributed by atoms with Crippen molar-refractivity contribution < 1.29 is 18.3 Å². The molecule has 0 amide bonds. The summed E-state index contributed by atoms with van der Waals surface area (Å²) >= 11 is 0. The van der Waals surface area contributed by atoms with Gasteiger partial charge in [0.1, 0.15) is 0 Å². The Balaban J connectivity index is 3.82. The predicted molar refractivity (Wildman–Crippen MR) is 85.6 cm³/mol. The average molecular weight is 345 g/mol. The average Bonchev–Trinajstić information content (AvgIpc) is 2.42. The minimum Gasteiger partial charge on any atom is -0.371 e. The molecule has 23 heavy (non-hydrogen) atoms. The highest BCUT2D eigenvalue weighted by Gasteiger charge is 2.33. The Morgan fingerprint density at radius 1 is 1.17 bits per heavy atom. The monoisotopic (exact) mass is 345 g/mol. The topological polar surface area (TPSA) is 132 Å². The van der Waals surface area contributed by atoms with Gasteiger partial charge in [-0.05, 0) is 19.8 Å². The molecule has 0 unspecified atom stereocenters. The molecule has 0 aromatic heterocycles. The van der Waals surface area contributed by atoms with Crippen LogP contribution < -0.4 is 5.32 Å². The Morgan fingerprint density at radius 2 is 1.70 bits per heavy atom. The standard InChI is InChI=1S/C13H19N3O6S/c1-5-9(6-2)14-12-10(15(17)18)7-11(23(4,21)22)8(3)13(12)16(19)20/h7,9,14H,5-6H2,1-4H3. The van der Waals surface area contributed by atoms with Gasteiger partial charge in [-0.1, -0.05) is 13.8 Å². The summed E-state index contributed by atoms with van der Waals surface area (Å²) in [5, 5.41) is 25.5. The number of sulfone groups is 1. The van der Waals surface area contributed by atoms with E-state index in [1.54, 1.807) is 0 Å². The first kappa shape index (κ1) is 18.8. The van der Waals surface area contributed by atoms with Crippen molar-refractivity contribution in [2.24, 2.45) is 0 Å². The Bertz CT molecular complexity index is 741. The summed E-state index contributed by atoms with van der Waals surface area (Å²) in [6.45, 7) is 4.96. The number of hydrogen-bond donors (Lipinski definition) is 1. The van der Waals surface area contributed by atoms with Crippen LogP contribution in [0.15, 0.2) is 11.0 Å². The molecule has 10 heteroatoms. The molecular formula is C13H19N3O6S. The SMILES string of the molecule is CCC(CC)Nc1c([N+](=O)[O-])cc(S(C)(=O)=O)c(C)c1[N+](=O)[O-]. The van der Waals surface area contributed by atoms with Crippen molar-refractivity contribution in [1.82, 2.24) is 0 Å². The molecule has 0 radical (unpaired) electrons. The van der Waals surface area contributed by atoms with Gasteiger partial charge in [0.05, 0.1) is 14.7 Å². The van der Waals surface area contributed by atoms with Crippen molar-refractivity contribution in [2.45, 2.75) is 44.6 Å². The van der Waals surface area contributed by atoms with Crippen LogP contribution in [0.5, 0.6) is 0 Å². The normalized spacial score (nSPS) is 11.5. The van der Waals surface area contributed by atoms with Crippen LogP contribution in [0.1, 0.15) is 32.3 Å². The summed E-state index contributed by atoms with van der Waals surface area (Å²) < 4.78 is 23.6. The number of nitrogens with one attached hydrogen (secondary N) is 1. The van der Waals surface area contributed by atoms with Gasteiger partial charge in [-0.15, -0.1) is 0 Å². The lowest BCUT2D eigenvalue weighted by Crippen LogP contribution is -2.20. The van der Waals surface area contributed by atoms with Crippen LogP contribution in [0.3, 0.4) is 0 Å². The molecule has 0 spiro atoms. The van der Waals surface area contributed by atoms with Gasteiger partial charge in [-0.3, -0.25) is 20.2 Å². The number of nitro benzene ring substituents is 2. The Morgan fingerprint density at radius 3 is 2.04 bits per heavy atom. The van der Waals surface area contributed by atoms with Crippen molar-refractivity contribution in [1.29, 1.82) is 0 Å². The largest absolute Gasteiger partial charge is 0.371 e. The van der Waals surface area contributed by atoms with Gasteiger partial charge in [0, 0.05) is 23.9 Å². The first-order chi connectivity index (χ1) is 10.5. The maximum Gasteiger partial charge on any atom is 0.303 e. The van der Waals surface area contributed by atoms with Crippen LogP contribution in [0, 0.1) is 27.2 Å². The Hall–Kier alpha value is -2.23. The molecule has 9 nitrogen and oxygen atoms in total. The number of hydrogen-bond acceptors (Lipinski definition) is 7. The smallest absolute Gasteiger partial charge is 0.303 e. The third kappa shape index (κ3) is 3.95. The molecule has 0 saturated heterocycles. The van der Waals surface area contributed by atoms with Crippen molar-refractivity contribution >= 4 is 26.9 Å². The second kappa shape index (κ2) is 6.90. The van der Waals surface area contributed by atoms with Gasteiger partial charge < -0.3 is 5.32 Å². The summed E-state index contributed by atoms with van der Waals surface area (Å²) in [7, 11) is -3.84. The maximum absolute atomic E-state index is 11.8. The molecular weight excluding hydrogens is 326 g/mol. The summed E-state index contributed by atoms with van der Waals surface area (Å²) in [5.41, 5.74) is -1.56. The highest BCUT2D eigenvalue weighted by Crippen LogP contribution is 2.41. The molecule has 1 rings (SSSR count). The predicted octanol–water partition coefficient (Wildman–Crippen LogP) is 2.82. The van der Waals surface area contributed by atoms with Gasteiger partial charge in [0.2, 0.25) is 0 Å². The first-order valence-corrected chi connectivity index (χ1v) is 8.86. The van der Waals surface area contributed by atoms with Gasteiger partial charge in [-0.25, -0.2) is 8.42 Å². The molecule has 0 fully saturated rings. The van der Waals surface area contributed by atoms with Crippen molar-refractivity contribution in [3.05, 3.63) is 31.9 Å². The van der Waals surface area contributed by atoms with Crippen LogP contribution in [0.25, 0.3) is 0 Å². The fourth-order valence-corrected chi connectivity index (χ4v) is 3.31. The van der Waals surface area contributed by atoms with Crippen LogP contribution in [-0.4, -0.2) is 30.6 Å². The molecule has 0 aliphatic carbocycles. The Kier molecular flexibility index (Phi) is 5.65. The van der Waals surface area contributed by atoms with Crippen LogP contribution in [0.2, 0.25) is 0 Å². The summed E-state index contributed by atoms with van der Waals surface area (Å²) in [4.78, 5) is 20.7. The van der Waals surface area contributed by atoms with Crippen molar-refractivity contribution in [2.75, 3.05) is 11.6 Å². The molecule has 0 aliphatic heterocycles. The minimum absolute atomic E-state index is 0.114. The van der Waals surface area contributed by atoms with E-state index in [1.807, 2.05) is 13.8 Å². The third-order valence-electron chi connectivity index (χ3n) is 3.60. The van der Waals surface area contributed by atoms with E-state index in [1.165, 1.54) is 6.92 Å². The summed E-state index contributed by atoms with van der Waals surface area (Å²) in [6.07, 6.45) is 2.08. The van der Waals surface area contributed by atoms with Crippen LogP contribution in [-0.2, 0) is 9.84 Å². The fraction of sp³-hybridized carbons (Fsp3) is 0.538. The highest BCUT2D eigenvalue weighted by atomic mass is 32.2. The van der Waals surface area contributed by atoms with E-state index >= 15 is 0 Å². The van der Waals surface area contributed by atoms with Crippen LogP contribution >= 0.6 is 0 Å². The third-order valence-corrected chi connectivity index (χ3v) is 4.82. The van der Waals surface area contributed by atoms with E-state index in [2.05, 4.69) is 5.32 Å². The quantitative estimate of drug-likeness (QED) is 0.593. The lowest BCUT2D eigenvalue weighted by molar-refractivity contribution is -0.393. The van der Waals surface area contributed by atoms with Gasteiger partial charge in [0.25, 0.3) is 0 Å². The molecule has 1 N–H and O–H groups in total. The molecule has 1 aromatic carbocycles. The van der Waals surface area contributed by atoms with E-state index in [0.717, 1.165) is 12.3 Å². The zero-order valence-electron chi connectivity index (χ0n) is 13.3. The van der Waals surface area contributed by atoms with E-state index in [0.29, 0.717) is 12.8 Å².